The van der Waals surface area contributed by atoms with Gasteiger partial charge in [0.2, 0.25) is 0 Å². The highest BCUT2D eigenvalue weighted by Crippen LogP contribution is 2.26. The van der Waals surface area contributed by atoms with Crippen molar-refractivity contribution in [2.45, 2.75) is 13.8 Å². The SMILES string of the molecule is COc1ccccc1OCC(=O)Nc1ccc(Nc2cccc(C)c2C)cn1. The average Bonchev–Trinajstić information content (AvgIpc) is 2.71. The van der Waals surface area contributed by atoms with Crippen LogP contribution in [0.3, 0.4) is 0 Å². The topological polar surface area (TPSA) is 72.5 Å². The van der Waals surface area contributed by atoms with E-state index in [1.807, 2.05) is 30.3 Å². The number of hydrogen-bond donors (Lipinski definition) is 2. The van der Waals surface area contributed by atoms with Crippen LogP contribution in [-0.2, 0) is 4.79 Å². The molecule has 0 aliphatic heterocycles. The number of ether oxygens (including phenoxy) is 2. The third-order valence-electron chi connectivity index (χ3n) is 4.34. The Balaban J connectivity index is 1.56. The molecule has 6 nitrogen and oxygen atoms in total. The van der Waals surface area contributed by atoms with Gasteiger partial charge >= 0.3 is 0 Å². The zero-order chi connectivity index (χ0) is 19.9. The van der Waals surface area contributed by atoms with Crippen LogP contribution in [0.5, 0.6) is 11.5 Å². The van der Waals surface area contributed by atoms with Crippen LogP contribution in [0.4, 0.5) is 17.2 Å². The van der Waals surface area contributed by atoms with E-state index in [-0.39, 0.29) is 12.5 Å². The van der Waals surface area contributed by atoms with Crippen LogP contribution in [0, 0.1) is 13.8 Å². The van der Waals surface area contributed by atoms with Crippen molar-refractivity contribution in [1.82, 2.24) is 4.98 Å². The lowest BCUT2D eigenvalue weighted by Gasteiger charge is -2.12. The second kappa shape index (κ2) is 8.90. The van der Waals surface area contributed by atoms with Gasteiger partial charge in [-0.1, -0.05) is 24.3 Å². The number of methoxy groups -OCH3 is 1. The van der Waals surface area contributed by atoms with Gasteiger partial charge in [-0.3, -0.25) is 4.79 Å². The molecule has 0 spiro atoms. The van der Waals surface area contributed by atoms with Gasteiger partial charge in [0.15, 0.2) is 18.1 Å². The minimum absolute atomic E-state index is 0.134. The third-order valence-corrected chi connectivity index (χ3v) is 4.34. The fourth-order valence-electron chi connectivity index (χ4n) is 2.64. The Bertz CT molecular complexity index is 955. The first kappa shape index (κ1) is 19.2. The molecule has 3 rings (SSSR count). The van der Waals surface area contributed by atoms with Gasteiger partial charge in [0.05, 0.1) is 19.0 Å². The molecule has 3 aromatic rings. The first-order valence-corrected chi connectivity index (χ1v) is 8.92. The molecule has 0 aliphatic rings. The predicted molar refractivity (Wildman–Crippen MR) is 111 cm³/mol. The molecule has 1 amide bonds. The molecule has 2 N–H and O–H groups in total. The van der Waals surface area contributed by atoms with E-state index >= 15 is 0 Å². The fraction of sp³-hybridized carbons (Fsp3) is 0.182. The first-order chi connectivity index (χ1) is 13.6. The van der Waals surface area contributed by atoms with E-state index in [4.69, 9.17) is 9.47 Å². The van der Waals surface area contributed by atoms with Gasteiger partial charge in [0.25, 0.3) is 5.91 Å². The lowest BCUT2D eigenvalue weighted by Crippen LogP contribution is -2.20. The maximum atomic E-state index is 12.1. The highest BCUT2D eigenvalue weighted by molar-refractivity contribution is 5.91. The number of pyridine rings is 1. The van der Waals surface area contributed by atoms with Gasteiger partial charge in [-0.15, -0.1) is 0 Å². The molecule has 0 bridgehead atoms. The summed E-state index contributed by atoms with van der Waals surface area (Å²) >= 11 is 0. The van der Waals surface area contributed by atoms with E-state index in [9.17, 15) is 4.79 Å². The van der Waals surface area contributed by atoms with Crippen LogP contribution in [0.2, 0.25) is 0 Å². The molecule has 0 radical (unpaired) electrons. The maximum absolute atomic E-state index is 12.1. The largest absolute Gasteiger partial charge is 0.493 e. The molecule has 2 aromatic carbocycles. The van der Waals surface area contributed by atoms with E-state index < -0.39 is 0 Å². The van der Waals surface area contributed by atoms with Crippen molar-refractivity contribution in [3.8, 4) is 11.5 Å². The van der Waals surface area contributed by atoms with E-state index in [0.717, 1.165) is 11.4 Å². The molecule has 1 heterocycles. The number of nitrogens with one attached hydrogen (secondary N) is 2. The van der Waals surface area contributed by atoms with Crippen molar-refractivity contribution >= 4 is 23.1 Å². The molecule has 28 heavy (non-hydrogen) atoms. The van der Waals surface area contributed by atoms with Crippen molar-refractivity contribution in [2.24, 2.45) is 0 Å². The second-order valence-corrected chi connectivity index (χ2v) is 6.29. The van der Waals surface area contributed by atoms with Crippen molar-refractivity contribution in [3.05, 3.63) is 71.9 Å². The van der Waals surface area contributed by atoms with E-state index in [0.29, 0.717) is 17.3 Å². The van der Waals surface area contributed by atoms with Crippen LogP contribution in [0.1, 0.15) is 11.1 Å². The molecule has 6 heteroatoms. The van der Waals surface area contributed by atoms with E-state index in [2.05, 4.69) is 35.5 Å². The number of nitrogens with zero attached hydrogens (tertiary/aromatic N) is 1. The number of anilines is 3. The standard InChI is InChI=1S/C22H23N3O3/c1-15-7-6-8-18(16(15)2)24-17-11-12-21(23-13-17)25-22(26)14-28-20-10-5-4-9-19(20)27-3/h4-13,24H,14H2,1-3H3,(H,23,25,26). The van der Waals surface area contributed by atoms with Crippen molar-refractivity contribution in [3.63, 3.8) is 0 Å². The van der Waals surface area contributed by atoms with Gasteiger partial charge in [0.1, 0.15) is 5.82 Å². The maximum Gasteiger partial charge on any atom is 0.263 e. The summed E-state index contributed by atoms with van der Waals surface area (Å²) in [6.45, 7) is 4.01. The van der Waals surface area contributed by atoms with Crippen molar-refractivity contribution in [2.75, 3.05) is 24.4 Å². The Kier molecular flexibility index (Phi) is 6.11. The number of carbonyl (C=O) groups excluding carboxylic acids is 1. The summed E-state index contributed by atoms with van der Waals surface area (Å²) in [4.78, 5) is 16.4. The average molecular weight is 377 g/mol. The van der Waals surface area contributed by atoms with Crippen LogP contribution < -0.4 is 20.1 Å². The summed E-state index contributed by atoms with van der Waals surface area (Å²) in [7, 11) is 1.56. The first-order valence-electron chi connectivity index (χ1n) is 8.92. The summed E-state index contributed by atoms with van der Waals surface area (Å²) in [6.07, 6.45) is 1.68. The zero-order valence-corrected chi connectivity index (χ0v) is 16.2. The number of aryl methyl sites for hydroxylation is 1. The van der Waals surface area contributed by atoms with Gasteiger partial charge in [-0.05, 0) is 55.3 Å². The van der Waals surface area contributed by atoms with Gasteiger partial charge < -0.3 is 20.1 Å². The molecular formula is C22H23N3O3. The Morgan fingerprint density at radius 3 is 2.50 bits per heavy atom. The monoisotopic (exact) mass is 377 g/mol. The van der Waals surface area contributed by atoms with Gasteiger partial charge in [-0.25, -0.2) is 4.98 Å². The fourth-order valence-corrected chi connectivity index (χ4v) is 2.64. The summed E-state index contributed by atoms with van der Waals surface area (Å²) < 4.78 is 10.7. The Labute approximate surface area is 164 Å². The molecule has 0 aliphatic carbocycles. The summed E-state index contributed by atoms with van der Waals surface area (Å²) in [6, 6.07) is 16.9. The highest BCUT2D eigenvalue weighted by atomic mass is 16.5. The lowest BCUT2D eigenvalue weighted by atomic mass is 10.1. The van der Waals surface area contributed by atoms with Crippen molar-refractivity contribution in [1.29, 1.82) is 0 Å². The van der Waals surface area contributed by atoms with Crippen LogP contribution in [0.15, 0.2) is 60.8 Å². The summed E-state index contributed by atoms with van der Waals surface area (Å²) in [5, 5.41) is 6.06. The van der Waals surface area contributed by atoms with Crippen LogP contribution >= 0.6 is 0 Å². The smallest absolute Gasteiger partial charge is 0.263 e. The minimum Gasteiger partial charge on any atom is -0.493 e. The predicted octanol–water partition coefficient (Wildman–Crippen LogP) is 4.47. The molecule has 0 saturated carbocycles. The molecule has 0 unspecified atom stereocenters. The number of carbonyl (C=O) groups is 1. The van der Waals surface area contributed by atoms with Gasteiger partial charge in [0, 0.05) is 5.69 Å². The van der Waals surface area contributed by atoms with Crippen LogP contribution in [0.25, 0.3) is 0 Å². The number of rotatable bonds is 7. The Hall–Kier alpha value is -3.54. The van der Waals surface area contributed by atoms with Crippen LogP contribution in [-0.4, -0.2) is 24.6 Å². The normalized spacial score (nSPS) is 10.2. The molecule has 0 fully saturated rings. The number of para-hydroxylation sites is 2. The quantitative estimate of drug-likeness (QED) is 0.636. The number of hydrogen-bond acceptors (Lipinski definition) is 5. The molecular weight excluding hydrogens is 354 g/mol. The lowest BCUT2D eigenvalue weighted by molar-refractivity contribution is -0.118. The van der Waals surface area contributed by atoms with Crippen molar-refractivity contribution < 1.29 is 14.3 Å². The Morgan fingerprint density at radius 2 is 1.79 bits per heavy atom. The molecule has 144 valence electrons. The number of aromatic nitrogens is 1. The number of benzene rings is 2. The third kappa shape index (κ3) is 4.79. The Morgan fingerprint density at radius 1 is 1.00 bits per heavy atom. The molecule has 0 atom stereocenters. The minimum atomic E-state index is -0.298. The van der Waals surface area contributed by atoms with E-state index in [1.54, 1.807) is 31.5 Å². The highest BCUT2D eigenvalue weighted by Gasteiger charge is 2.08. The second-order valence-electron chi connectivity index (χ2n) is 6.29. The molecule has 0 saturated heterocycles. The summed E-state index contributed by atoms with van der Waals surface area (Å²) in [5.74, 6) is 1.25. The zero-order valence-electron chi connectivity index (χ0n) is 16.2. The van der Waals surface area contributed by atoms with E-state index in [1.165, 1.54) is 11.1 Å². The summed E-state index contributed by atoms with van der Waals surface area (Å²) in [5.41, 5.74) is 4.28. The molecule has 1 aromatic heterocycles. The van der Waals surface area contributed by atoms with Gasteiger partial charge in [-0.2, -0.15) is 0 Å². The number of amides is 1.